The van der Waals surface area contributed by atoms with Gasteiger partial charge in [0.05, 0.1) is 16.6 Å². The summed E-state index contributed by atoms with van der Waals surface area (Å²) in [5, 5.41) is 8.84. The van der Waals surface area contributed by atoms with Crippen LogP contribution in [0.2, 0.25) is 0 Å². The maximum atomic E-state index is 13.8. The summed E-state index contributed by atoms with van der Waals surface area (Å²) in [6.07, 6.45) is 5.67. The first-order chi connectivity index (χ1) is 14.0. The van der Waals surface area contributed by atoms with Crippen molar-refractivity contribution < 1.29 is 4.39 Å². The van der Waals surface area contributed by atoms with Crippen molar-refractivity contribution in [3.63, 3.8) is 0 Å². The molecule has 5 nitrogen and oxygen atoms in total. The number of H-pyrrole nitrogens is 1. The Morgan fingerprint density at radius 3 is 2.86 bits per heavy atom. The molecule has 0 bridgehead atoms. The smallest absolute Gasteiger partial charge is 0.251 e. The van der Waals surface area contributed by atoms with Crippen LogP contribution in [0.5, 0.6) is 0 Å². The number of aromatic amines is 1. The number of nitrogens with zero attached hydrogens (tertiary/aromatic N) is 3. The molecule has 1 aliphatic heterocycles. The quantitative estimate of drug-likeness (QED) is 0.693. The number of hydrogen-bond acceptors (Lipinski definition) is 4. The van der Waals surface area contributed by atoms with Crippen LogP contribution in [0.3, 0.4) is 0 Å². The maximum Gasteiger partial charge on any atom is 0.251 e. The Morgan fingerprint density at radius 1 is 1.28 bits per heavy atom. The second-order valence-corrected chi connectivity index (χ2v) is 7.51. The highest BCUT2D eigenvalue weighted by molar-refractivity contribution is 5.74. The molecule has 3 aromatic rings. The molecule has 0 saturated heterocycles. The first-order valence-electron chi connectivity index (χ1n) is 9.59. The first kappa shape index (κ1) is 19.0. The van der Waals surface area contributed by atoms with Crippen LogP contribution in [0.15, 0.2) is 53.0 Å². The minimum Gasteiger partial charge on any atom is -0.320 e. The van der Waals surface area contributed by atoms with Gasteiger partial charge in [0.2, 0.25) is 0 Å². The number of nitriles is 1. The van der Waals surface area contributed by atoms with E-state index in [1.807, 2.05) is 24.4 Å². The van der Waals surface area contributed by atoms with Crippen LogP contribution in [-0.4, -0.2) is 28.0 Å². The molecule has 1 N–H and O–H groups in total. The molecule has 1 aliphatic rings. The number of aromatic nitrogens is 2. The van der Waals surface area contributed by atoms with Crippen LogP contribution >= 0.6 is 0 Å². The van der Waals surface area contributed by atoms with Crippen LogP contribution in [0.4, 0.5) is 4.39 Å². The molecule has 2 aromatic heterocycles. The lowest BCUT2D eigenvalue weighted by molar-refractivity contribution is 0.284. The summed E-state index contributed by atoms with van der Waals surface area (Å²) < 4.78 is 13.8. The number of aryl methyl sites for hydroxylation is 1. The average Bonchev–Trinajstić information content (AvgIpc) is 2.71. The largest absolute Gasteiger partial charge is 0.320 e. The van der Waals surface area contributed by atoms with Crippen molar-refractivity contribution in [1.82, 2.24) is 14.9 Å². The first-order valence-corrected chi connectivity index (χ1v) is 9.59. The molecule has 0 fully saturated rings. The van der Waals surface area contributed by atoms with Gasteiger partial charge in [-0.1, -0.05) is 17.7 Å². The maximum absolute atomic E-state index is 13.8. The average molecular weight is 388 g/mol. The Kier molecular flexibility index (Phi) is 5.24. The third-order valence-corrected chi connectivity index (χ3v) is 5.31. The summed E-state index contributed by atoms with van der Waals surface area (Å²) in [5.74, 6) is -0.458. The van der Waals surface area contributed by atoms with Crippen LogP contribution in [0.25, 0.3) is 11.0 Å². The molecule has 3 heterocycles. The van der Waals surface area contributed by atoms with Crippen molar-refractivity contribution >= 4 is 11.0 Å². The Bertz CT molecular complexity index is 1210. The second-order valence-electron chi connectivity index (χ2n) is 7.51. The second kappa shape index (κ2) is 7.98. The van der Waals surface area contributed by atoms with Crippen molar-refractivity contribution in [3.8, 4) is 6.07 Å². The molecule has 1 aromatic carbocycles. The number of rotatable bonds is 4. The molecule has 6 heteroatoms. The van der Waals surface area contributed by atoms with E-state index >= 15 is 0 Å². The highest BCUT2D eigenvalue weighted by atomic mass is 19.1. The Morgan fingerprint density at radius 2 is 2.14 bits per heavy atom. The SMILES string of the molecule is Cc1cc2ncc(CN3CC=C(Cc4ccc(C#N)c(F)c4)CC3)cc2[nH]c1=O. The predicted molar refractivity (Wildman–Crippen MR) is 110 cm³/mol. The lowest BCUT2D eigenvalue weighted by atomic mass is 9.98. The number of hydrogen-bond donors (Lipinski definition) is 1. The fourth-order valence-corrected chi connectivity index (χ4v) is 3.65. The van der Waals surface area contributed by atoms with Crippen molar-refractivity contribution in [2.75, 3.05) is 13.1 Å². The molecule has 0 radical (unpaired) electrons. The molecule has 0 unspecified atom stereocenters. The Labute approximate surface area is 168 Å². The van der Waals surface area contributed by atoms with E-state index in [0.717, 1.165) is 48.2 Å². The summed E-state index contributed by atoms with van der Waals surface area (Å²) >= 11 is 0. The summed E-state index contributed by atoms with van der Waals surface area (Å²) in [7, 11) is 0. The van der Waals surface area contributed by atoms with Gasteiger partial charge in [-0.2, -0.15) is 5.26 Å². The molecule has 0 aliphatic carbocycles. The number of halogens is 1. The standard InChI is InChI=1S/C23H21FN4O/c1-15-8-21-22(27-23(15)29)11-18(13-26-21)14-28-6-4-16(5-7-28)9-17-2-3-19(12-25)20(24)10-17/h2-4,8,10-11,13H,5-7,9,14H2,1H3,(H,27,29). The molecular weight excluding hydrogens is 367 g/mol. The van der Waals surface area contributed by atoms with Gasteiger partial charge in [-0.05, 0) is 55.2 Å². The number of benzene rings is 1. The summed E-state index contributed by atoms with van der Waals surface area (Å²) in [4.78, 5) is 21.5. The van der Waals surface area contributed by atoms with Gasteiger partial charge in [-0.15, -0.1) is 0 Å². The molecule has 29 heavy (non-hydrogen) atoms. The van der Waals surface area contributed by atoms with Crippen LogP contribution in [0, 0.1) is 24.1 Å². The minimum atomic E-state index is -0.458. The van der Waals surface area contributed by atoms with E-state index in [-0.39, 0.29) is 11.1 Å². The van der Waals surface area contributed by atoms with E-state index in [9.17, 15) is 9.18 Å². The van der Waals surface area contributed by atoms with Gasteiger partial charge in [-0.3, -0.25) is 14.7 Å². The third kappa shape index (κ3) is 4.25. The van der Waals surface area contributed by atoms with Gasteiger partial charge in [0, 0.05) is 31.4 Å². The van der Waals surface area contributed by atoms with Crippen LogP contribution in [0.1, 0.15) is 28.7 Å². The predicted octanol–water partition coefficient (Wildman–Crippen LogP) is 3.62. The highest BCUT2D eigenvalue weighted by Gasteiger charge is 2.14. The topological polar surface area (TPSA) is 72.8 Å². The lowest BCUT2D eigenvalue weighted by Crippen LogP contribution is -2.28. The van der Waals surface area contributed by atoms with Crippen molar-refractivity contribution in [3.05, 3.63) is 86.6 Å². The zero-order chi connectivity index (χ0) is 20.4. The monoisotopic (exact) mass is 388 g/mol. The van der Waals surface area contributed by atoms with E-state index in [2.05, 4.69) is 20.9 Å². The fraction of sp³-hybridized carbons (Fsp3) is 0.261. The zero-order valence-corrected chi connectivity index (χ0v) is 16.2. The Hall–Kier alpha value is -3.30. The number of pyridine rings is 2. The fourth-order valence-electron chi connectivity index (χ4n) is 3.65. The number of fused-ring (bicyclic) bond motifs is 1. The van der Waals surface area contributed by atoms with Gasteiger partial charge < -0.3 is 4.98 Å². The lowest BCUT2D eigenvalue weighted by Gasteiger charge is -2.26. The van der Waals surface area contributed by atoms with E-state index in [1.165, 1.54) is 11.6 Å². The van der Waals surface area contributed by atoms with Gasteiger partial charge in [0.25, 0.3) is 5.56 Å². The summed E-state index contributed by atoms with van der Waals surface area (Å²) in [6.45, 7) is 4.26. The van der Waals surface area contributed by atoms with Crippen molar-refractivity contribution in [2.45, 2.75) is 26.3 Å². The van der Waals surface area contributed by atoms with Gasteiger partial charge >= 0.3 is 0 Å². The molecule has 0 saturated carbocycles. The minimum absolute atomic E-state index is 0.0815. The van der Waals surface area contributed by atoms with Crippen LogP contribution in [-0.2, 0) is 13.0 Å². The molecule has 0 atom stereocenters. The summed E-state index contributed by atoms with van der Waals surface area (Å²) in [5.41, 5.74) is 5.44. The molecule has 0 amide bonds. The number of nitrogens with one attached hydrogen (secondary N) is 1. The normalized spacial score (nSPS) is 14.6. The molecule has 4 rings (SSSR count). The van der Waals surface area contributed by atoms with E-state index in [1.54, 1.807) is 19.1 Å². The zero-order valence-electron chi connectivity index (χ0n) is 16.2. The molecule has 0 spiro atoms. The summed E-state index contributed by atoms with van der Waals surface area (Å²) in [6, 6.07) is 10.5. The van der Waals surface area contributed by atoms with E-state index in [4.69, 9.17) is 5.26 Å². The van der Waals surface area contributed by atoms with Gasteiger partial charge in [-0.25, -0.2) is 4.39 Å². The Balaban J connectivity index is 1.41. The van der Waals surface area contributed by atoms with Crippen molar-refractivity contribution in [1.29, 1.82) is 5.26 Å². The van der Waals surface area contributed by atoms with Crippen LogP contribution < -0.4 is 5.56 Å². The van der Waals surface area contributed by atoms with E-state index in [0.29, 0.717) is 12.0 Å². The molecule has 146 valence electrons. The molecular formula is C23H21FN4O. The van der Waals surface area contributed by atoms with E-state index < -0.39 is 5.82 Å². The third-order valence-electron chi connectivity index (χ3n) is 5.31. The van der Waals surface area contributed by atoms with Crippen molar-refractivity contribution in [2.24, 2.45) is 0 Å². The highest BCUT2D eigenvalue weighted by Crippen LogP contribution is 2.20. The van der Waals surface area contributed by atoms with Gasteiger partial charge in [0.1, 0.15) is 11.9 Å². The van der Waals surface area contributed by atoms with Gasteiger partial charge in [0.15, 0.2) is 0 Å².